The Hall–Kier alpha value is -2.66. The molecular weight excluding hydrogens is 332 g/mol. The van der Waals surface area contributed by atoms with E-state index in [1.807, 2.05) is 85.8 Å². The first-order valence-corrected chi connectivity index (χ1v) is 9.71. The van der Waals surface area contributed by atoms with Crippen molar-refractivity contribution in [1.29, 1.82) is 0 Å². The average molecular weight is 352 g/mol. The van der Waals surface area contributed by atoms with Crippen LogP contribution < -0.4 is 4.31 Å². The number of benzene rings is 2. The molecule has 128 valence electrons. The van der Waals surface area contributed by atoms with Crippen molar-refractivity contribution in [2.45, 2.75) is 18.7 Å². The van der Waals surface area contributed by atoms with E-state index in [4.69, 9.17) is 0 Å². The van der Waals surface area contributed by atoms with E-state index >= 15 is 0 Å². The molecule has 3 aromatic rings. The summed E-state index contributed by atoms with van der Waals surface area (Å²) in [7, 11) is -3.58. The number of rotatable bonds is 6. The van der Waals surface area contributed by atoms with Crippen molar-refractivity contribution in [2.75, 3.05) is 4.31 Å². The summed E-state index contributed by atoms with van der Waals surface area (Å²) in [5.41, 5.74) is 2.11. The second kappa shape index (κ2) is 7.49. The minimum atomic E-state index is -3.58. The Bertz CT molecular complexity index is 898. The minimum absolute atomic E-state index is 0.0556. The molecule has 0 amide bonds. The Morgan fingerprint density at radius 3 is 2.08 bits per heavy atom. The summed E-state index contributed by atoms with van der Waals surface area (Å²) in [5.74, 6) is -0.0556. The molecule has 0 N–H and O–H groups in total. The molecule has 3 rings (SSSR count). The van der Waals surface area contributed by atoms with Crippen LogP contribution in [0.4, 0.5) is 5.69 Å². The van der Waals surface area contributed by atoms with Crippen LogP contribution in [0.5, 0.6) is 0 Å². The van der Waals surface area contributed by atoms with Crippen molar-refractivity contribution in [3.05, 3.63) is 96.3 Å². The standard InChI is InChI=1S/C20H20N2O2S/c1-17(20-14-8-9-15-21-20)22(19-12-6-3-7-13-19)25(23,24)16-18-10-4-2-5-11-18/h2-15,17H,16H2,1H3. The third-order valence-corrected chi connectivity index (χ3v) is 5.79. The molecule has 0 spiro atoms. The third kappa shape index (κ3) is 4.06. The molecule has 1 heterocycles. The van der Waals surface area contributed by atoms with Crippen LogP contribution >= 0.6 is 0 Å². The lowest BCUT2D eigenvalue weighted by Gasteiger charge is -2.30. The third-order valence-electron chi connectivity index (χ3n) is 3.97. The fraction of sp³-hybridized carbons (Fsp3) is 0.150. The van der Waals surface area contributed by atoms with Gasteiger partial charge in [-0.05, 0) is 36.8 Å². The highest BCUT2D eigenvalue weighted by Gasteiger charge is 2.29. The van der Waals surface area contributed by atoms with Crippen LogP contribution in [0.25, 0.3) is 0 Å². The largest absolute Gasteiger partial charge is 0.261 e. The van der Waals surface area contributed by atoms with Crippen LogP contribution in [-0.4, -0.2) is 13.4 Å². The maximum atomic E-state index is 13.2. The fourth-order valence-corrected chi connectivity index (χ4v) is 4.58. The molecule has 25 heavy (non-hydrogen) atoms. The van der Waals surface area contributed by atoms with E-state index in [1.165, 1.54) is 4.31 Å². The minimum Gasteiger partial charge on any atom is -0.261 e. The molecule has 0 saturated carbocycles. The van der Waals surface area contributed by atoms with Crippen molar-refractivity contribution in [3.8, 4) is 0 Å². The van der Waals surface area contributed by atoms with Crippen molar-refractivity contribution < 1.29 is 8.42 Å². The van der Waals surface area contributed by atoms with Gasteiger partial charge in [-0.15, -0.1) is 0 Å². The molecule has 0 saturated heterocycles. The summed E-state index contributed by atoms with van der Waals surface area (Å²) in [6.45, 7) is 1.86. The molecule has 2 aromatic carbocycles. The van der Waals surface area contributed by atoms with Gasteiger partial charge >= 0.3 is 0 Å². The van der Waals surface area contributed by atoms with E-state index in [9.17, 15) is 8.42 Å². The zero-order chi connectivity index (χ0) is 17.7. The zero-order valence-electron chi connectivity index (χ0n) is 14.0. The fourth-order valence-electron chi connectivity index (χ4n) is 2.80. The lowest BCUT2D eigenvalue weighted by Crippen LogP contribution is -2.35. The summed E-state index contributed by atoms with van der Waals surface area (Å²) >= 11 is 0. The summed E-state index contributed by atoms with van der Waals surface area (Å²) in [4.78, 5) is 4.34. The molecule has 1 atom stereocenters. The highest BCUT2D eigenvalue weighted by molar-refractivity contribution is 7.92. The maximum absolute atomic E-state index is 13.2. The normalized spacial score (nSPS) is 12.5. The number of pyridine rings is 1. The van der Waals surface area contributed by atoms with Gasteiger partial charge in [0.2, 0.25) is 10.0 Å². The molecule has 0 radical (unpaired) electrons. The molecule has 0 fully saturated rings. The first kappa shape index (κ1) is 17.2. The van der Waals surface area contributed by atoms with Crippen molar-refractivity contribution in [3.63, 3.8) is 0 Å². The van der Waals surface area contributed by atoms with Gasteiger partial charge in [0.1, 0.15) is 0 Å². The molecular formula is C20H20N2O2S. The summed E-state index contributed by atoms with van der Waals surface area (Å²) < 4.78 is 27.9. The molecule has 0 aliphatic heterocycles. The average Bonchev–Trinajstić information content (AvgIpc) is 2.63. The van der Waals surface area contributed by atoms with Gasteiger partial charge in [-0.25, -0.2) is 8.42 Å². The van der Waals surface area contributed by atoms with Crippen LogP contribution in [0, 0.1) is 0 Å². The summed E-state index contributed by atoms with van der Waals surface area (Å²) in [5, 5.41) is 0. The number of para-hydroxylation sites is 1. The lowest BCUT2D eigenvalue weighted by molar-refractivity contribution is 0.580. The van der Waals surface area contributed by atoms with Gasteiger partial charge in [0.25, 0.3) is 0 Å². The Labute approximate surface area is 148 Å². The molecule has 4 nitrogen and oxygen atoms in total. The Kier molecular flexibility index (Phi) is 5.14. The van der Waals surface area contributed by atoms with Gasteiger partial charge < -0.3 is 0 Å². The smallest absolute Gasteiger partial charge is 0.239 e. The van der Waals surface area contributed by atoms with Crippen LogP contribution in [0.2, 0.25) is 0 Å². The molecule has 1 aromatic heterocycles. The zero-order valence-corrected chi connectivity index (χ0v) is 14.8. The van der Waals surface area contributed by atoms with Crippen LogP contribution in [0.3, 0.4) is 0 Å². The second-order valence-corrected chi connectivity index (χ2v) is 7.65. The van der Waals surface area contributed by atoms with Gasteiger partial charge in [-0.1, -0.05) is 54.6 Å². The quantitative estimate of drug-likeness (QED) is 0.669. The molecule has 1 unspecified atom stereocenters. The summed E-state index contributed by atoms with van der Waals surface area (Å²) in [6.07, 6.45) is 1.68. The SMILES string of the molecule is CC(c1ccccn1)N(c1ccccc1)S(=O)(=O)Cc1ccccc1. The van der Waals surface area contributed by atoms with Crippen molar-refractivity contribution in [1.82, 2.24) is 4.98 Å². The topological polar surface area (TPSA) is 50.3 Å². The Morgan fingerprint density at radius 2 is 1.48 bits per heavy atom. The molecule has 5 heteroatoms. The second-order valence-electron chi connectivity index (χ2n) is 5.80. The van der Waals surface area contributed by atoms with Gasteiger partial charge in [-0.3, -0.25) is 9.29 Å². The number of anilines is 1. The number of nitrogens with zero attached hydrogens (tertiary/aromatic N) is 2. The van der Waals surface area contributed by atoms with Crippen molar-refractivity contribution >= 4 is 15.7 Å². The van der Waals surface area contributed by atoms with Gasteiger partial charge in [0.15, 0.2) is 0 Å². The number of hydrogen-bond acceptors (Lipinski definition) is 3. The van der Waals surface area contributed by atoms with Crippen LogP contribution in [0.15, 0.2) is 85.1 Å². The number of hydrogen-bond donors (Lipinski definition) is 0. The highest BCUT2D eigenvalue weighted by atomic mass is 32.2. The van der Waals surface area contributed by atoms with E-state index in [1.54, 1.807) is 6.20 Å². The molecule has 0 aliphatic carbocycles. The van der Waals surface area contributed by atoms with E-state index in [-0.39, 0.29) is 5.75 Å². The predicted octanol–water partition coefficient (Wildman–Crippen LogP) is 4.18. The number of aromatic nitrogens is 1. The van der Waals surface area contributed by atoms with Crippen LogP contribution in [0.1, 0.15) is 24.2 Å². The van der Waals surface area contributed by atoms with E-state index in [0.29, 0.717) is 11.4 Å². The summed E-state index contributed by atoms with van der Waals surface area (Å²) in [6, 6.07) is 23.5. The first-order valence-electron chi connectivity index (χ1n) is 8.10. The van der Waals surface area contributed by atoms with Gasteiger partial charge in [0, 0.05) is 6.20 Å². The molecule has 0 bridgehead atoms. The van der Waals surface area contributed by atoms with E-state index in [0.717, 1.165) is 5.56 Å². The maximum Gasteiger partial charge on any atom is 0.239 e. The van der Waals surface area contributed by atoms with Crippen LogP contribution in [-0.2, 0) is 15.8 Å². The van der Waals surface area contributed by atoms with Gasteiger partial charge in [-0.2, -0.15) is 0 Å². The predicted molar refractivity (Wildman–Crippen MR) is 101 cm³/mol. The van der Waals surface area contributed by atoms with E-state index in [2.05, 4.69) is 4.98 Å². The lowest BCUT2D eigenvalue weighted by atomic mass is 10.2. The monoisotopic (exact) mass is 352 g/mol. The Morgan fingerprint density at radius 1 is 0.880 bits per heavy atom. The Balaban J connectivity index is 2.02. The highest BCUT2D eigenvalue weighted by Crippen LogP contribution is 2.30. The number of sulfonamides is 1. The first-order chi connectivity index (χ1) is 12.1. The molecule has 0 aliphatic rings. The van der Waals surface area contributed by atoms with Gasteiger partial charge in [0.05, 0.1) is 23.2 Å². The van der Waals surface area contributed by atoms with Crippen molar-refractivity contribution in [2.24, 2.45) is 0 Å². The van der Waals surface area contributed by atoms with E-state index < -0.39 is 16.1 Å².